The molecular weight excluding hydrogens is 428 g/mol. The average Bonchev–Trinajstić information content (AvgIpc) is 3.15. The highest BCUT2D eigenvalue weighted by molar-refractivity contribution is 5.93. The Bertz CT molecular complexity index is 1600. The average molecular weight is 453 g/mol. The standard InChI is InChI=1S/C27H24N4O3/c1-17-8-13-21(18(2)14-17)28-25(32)16-30-23-6-4-5-7-24(23)31-26(33)15-22(29-27(30)31)19-9-11-20(34-3)12-10-19/h4-15H,16H2,1-3H3,(H,28,32). The fourth-order valence-electron chi connectivity index (χ4n) is 4.22. The van der Waals surface area contributed by atoms with Gasteiger partial charge < -0.3 is 14.6 Å². The number of hydrogen-bond donors (Lipinski definition) is 1. The van der Waals surface area contributed by atoms with Gasteiger partial charge in [-0.05, 0) is 61.9 Å². The number of fused-ring (bicyclic) bond motifs is 3. The third-order valence-electron chi connectivity index (χ3n) is 5.90. The van der Waals surface area contributed by atoms with Crippen molar-refractivity contribution in [1.82, 2.24) is 14.0 Å². The van der Waals surface area contributed by atoms with Crippen molar-refractivity contribution in [3.05, 3.63) is 94.3 Å². The SMILES string of the molecule is COc1ccc(-c2cc(=O)n3c4ccccc4n(CC(=O)Nc4ccc(C)cc4C)c3n2)cc1. The van der Waals surface area contributed by atoms with Gasteiger partial charge in [0.05, 0.1) is 23.8 Å². The van der Waals surface area contributed by atoms with E-state index in [2.05, 4.69) is 5.32 Å². The van der Waals surface area contributed by atoms with E-state index < -0.39 is 0 Å². The van der Waals surface area contributed by atoms with Gasteiger partial charge in [0.15, 0.2) is 0 Å². The lowest BCUT2D eigenvalue weighted by atomic mass is 10.1. The predicted octanol–water partition coefficient (Wildman–Crippen LogP) is 4.58. The van der Waals surface area contributed by atoms with Crippen LogP contribution in [0.5, 0.6) is 5.75 Å². The van der Waals surface area contributed by atoms with Crippen LogP contribution < -0.4 is 15.6 Å². The van der Waals surface area contributed by atoms with Crippen molar-refractivity contribution in [3.63, 3.8) is 0 Å². The summed E-state index contributed by atoms with van der Waals surface area (Å²) in [6, 6.07) is 22.3. The van der Waals surface area contributed by atoms with E-state index in [0.717, 1.165) is 33.6 Å². The quantitative estimate of drug-likeness (QED) is 0.423. The molecule has 0 spiro atoms. The Morgan fingerprint density at radius 3 is 2.41 bits per heavy atom. The highest BCUT2D eigenvalue weighted by atomic mass is 16.5. The van der Waals surface area contributed by atoms with Crippen LogP contribution in [0.2, 0.25) is 0 Å². The predicted molar refractivity (Wildman–Crippen MR) is 133 cm³/mol. The van der Waals surface area contributed by atoms with Crippen molar-refractivity contribution in [2.45, 2.75) is 20.4 Å². The molecule has 0 aliphatic heterocycles. The zero-order valence-corrected chi connectivity index (χ0v) is 19.2. The molecule has 7 nitrogen and oxygen atoms in total. The van der Waals surface area contributed by atoms with Crippen molar-refractivity contribution in [2.75, 3.05) is 12.4 Å². The minimum atomic E-state index is -0.208. The maximum absolute atomic E-state index is 13.2. The third kappa shape index (κ3) is 3.81. The zero-order valence-electron chi connectivity index (χ0n) is 19.2. The lowest BCUT2D eigenvalue weighted by Gasteiger charge is -2.11. The molecule has 0 atom stereocenters. The molecule has 34 heavy (non-hydrogen) atoms. The van der Waals surface area contributed by atoms with E-state index >= 15 is 0 Å². The first kappa shape index (κ1) is 21.5. The van der Waals surface area contributed by atoms with Gasteiger partial charge in [-0.15, -0.1) is 0 Å². The second-order valence-corrected chi connectivity index (χ2v) is 8.28. The van der Waals surface area contributed by atoms with Crippen molar-refractivity contribution in [3.8, 4) is 17.0 Å². The first-order valence-corrected chi connectivity index (χ1v) is 11.0. The Hall–Kier alpha value is -4.39. The van der Waals surface area contributed by atoms with Crippen molar-refractivity contribution in [2.24, 2.45) is 0 Å². The van der Waals surface area contributed by atoms with Crippen molar-refractivity contribution in [1.29, 1.82) is 0 Å². The number of benzene rings is 3. The molecule has 1 N–H and O–H groups in total. The van der Waals surface area contributed by atoms with Gasteiger partial charge in [0, 0.05) is 17.3 Å². The van der Waals surface area contributed by atoms with Crippen LogP contribution >= 0.6 is 0 Å². The van der Waals surface area contributed by atoms with Gasteiger partial charge in [0.2, 0.25) is 11.7 Å². The number of anilines is 1. The lowest BCUT2D eigenvalue weighted by Crippen LogP contribution is -2.21. The Morgan fingerprint density at radius 1 is 0.971 bits per heavy atom. The number of rotatable bonds is 5. The Labute approximate surface area is 196 Å². The lowest BCUT2D eigenvalue weighted by molar-refractivity contribution is -0.116. The summed E-state index contributed by atoms with van der Waals surface area (Å²) in [5.74, 6) is 0.938. The normalized spacial score (nSPS) is 11.1. The summed E-state index contributed by atoms with van der Waals surface area (Å²) < 4.78 is 8.56. The Kier molecular flexibility index (Phi) is 5.37. The largest absolute Gasteiger partial charge is 0.497 e. The number of para-hydroxylation sites is 2. The Balaban J connectivity index is 1.61. The van der Waals surface area contributed by atoms with Crippen LogP contribution in [0.15, 0.2) is 77.6 Å². The van der Waals surface area contributed by atoms with Gasteiger partial charge in [-0.1, -0.05) is 29.8 Å². The van der Waals surface area contributed by atoms with E-state index in [1.807, 2.05) is 80.6 Å². The van der Waals surface area contributed by atoms with Gasteiger partial charge in [0.1, 0.15) is 12.3 Å². The first-order chi connectivity index (χ1) is 16.4. The summed E-state index contributed by atoms with van der Waals surface area (Å²) >= 11 is 0. The minimum Gasteiger partial charge on any atom is -0.497 e. The molecule has 170 valence electrons. The maximum atomic E-state index is 13.2. The number of hydrogen-bond acceptors (Lipinski definition) is 4. The molecule has 0 unspecified atom stereocenters. The van der Waals surface area contributed by atoms with Crippen LogP contribution in [0.1, 0.15) is 11.1 Å². The summed E-state index contributed by atoms with van der Waals surface area (Å²) in [7, 11) is 1.60. The van der Waals surface area contributed by atoms with Gasteiger partial charge in [-0.25, -0.2) is 9.38 Å². The molecule has 5 aromatic rings. The number of amides is 1. The summed E-state index contributed by atoms with van der Waals surface area (Å²) in [6.45, 7) is 3.99. The molecule has 3 aromatic carbocycles. The fraction of sp³-hybridized carbons (Fsp3) is 0.148. The molecule has 1 amide bonds. The number of nitrogens with zero attached hydrogens (tertiary/aromatic N) is 3. The zero-order chi connectivity index (χ0) is 23.8. The molecule has 7 heteroatoms. The number of aryl methyl sites for hydroxylation is 2. The van der Waals surface area contributed by atoms with Crippen molar-refractivity contribution < 1.29 is 9.53 Å². The van der Waals surface area contributed by atoms with Crippen LogP contribution in [0, 0.1) is 13.8 Å². The van der Waals surface area contributed by atoms with Gasteiger partial charge in [-0.3, -0.25) is 9.59 Å². The monoisotopic (exact) mass is 452 g/mol. The third-order valence-corrected chi connectivity index (χ3v) is 5.90. The molecule has 0 saturated heterocycles. The van der Waals surface area contributed by atoms with Gasteiger partial charge >= 0.3 is 0 Å². The van der Waals surface area contributed by atoms with E-state index in [1.165, 1.54) is 6.07 Å². The summed E-state index contributed by atoms with van der Waals surface area (Å²) in [6.07, 6.45) is 0. The van der Waals surface area contributed by atoms with E-state index in [1.54, 1.807) is 16.1 Å². The molecule has 2 heterocycles. The highest BCUT2D eigenvalue weighted by Crippen LogP contribution is 2.24. The number of carbonyl (C=O) groups is 1. The first-order valence-electron chi connectivity index (χ1n) is 11.0. The number of nitrogens with one attached hydrogen (secondary N) is 1. The van der Waals surface area contributed by atoms with Crippen LogP contribution in [0.25, 0.3) is 28.1 Å². The molecule has 2 aromatic heterocycles. The molecule has 0 radical (unpaired) electrons. The summed E-state index contributed by atoms with van der Waals surface area (Å²) in [4.78, 5) is 31.0. The molecule has 0 aliphatic rings. The van der Waals surface area contributed by atoms with E-state index in [-0.39, 0.29) is 18.0 Å². The number of methoxy groups -OCH3 is 1. The summed E-state index contributed by atoms with van der Waals surface area (Å²) in [5.41, 5.74) is 5.47. The number of ether oxygens (including phenoxy) is 1. The molecule has 5 rings (SSSR count). The second-order valence-electron chi connectivity index (χ2n) is 8.28. The van der Waals surface area contributed by atoms with Crippen LogP contribution in [-0.4, -0.2) is 27.0 Å². The molecule has 0 saturated carbocycles. The number of aromatic nitrogens is 3. The maximum Gasteiger partial charge on any atom is 0.260 e. The van der Waals surface area contributed by atoms with Crippen LogP contribution in [-0.2, 0) is 11.3 Å². The smallest absolute Gasteiger partial charge is 0.260 e. The molecule has 0 bridgehead atoms. The fourth-order valence-corrected chi connectivity index (χ4v) is 4.22. The topological polar surface area (TPSA) is 77.6 Å². The second kappa shape index (κ2) is 8.51. The van der Waals surface area contributed by atoms with E-state index in [0.29, 0.717) is 17.0 Å². The van der Waals surface area contributed by atoms with Crippen LogP contribution in [0.3, 0.4) is 0 Å². The Morgan fingerprint density at radius 2 is 1.71 bits per heavy atom. The molecular formula is C27H24N4O3. The van der Waals surface area contributed by atoms with E-state index in [4.69, 9.17) is 9.72 Å². The highest BCUT2D eigenvalue weighted by Gasteiger charge is 2.17. The van der Waals surface area contributed by atoms with Crippen molar-refractivity contribution >= 4 is 28.4 Å². The molecule has 0 aliphatic carbocycles. The minimum absolute atomic E-state index is 0.0167. The van der Waals surface area contributed by atoms with E-state index in [9.17, 15) is 9.59 Å². The van der Waals surface area contributed by atoms with Gasteiger partial charge in [0.25, 0.3) is 5.56 Å². The number of imidazole rings is 1. The van der Waals surface area contributed by atoms with Gasteiger partial charge in [-0.2, -0.15) is 0 Å². The number of carbonyl (C=O) groups excluding carboxylic acids is 1. The van der Waals surface area contributed by atoms with Crippen LogP contribution in [0.4, 0.5) is 5.69 Å². The molecule has 0 fully saturated rings. The summed E-state index contributed by atoms with van der Waals surface area (Å²) in [5, 5.41) is 2.99.